The molecule has 1 saturated heterocycles. The predicted octanol–water partition coefficient (Wildman–Crippen LogP) is 1.63. The highest BCUT2D eigenvalue weighted by Gasteiger charge is 2.30. The summed E-state index contributed by atoms with van der Waals surface area (Å²) in [6, 6.07) is 0.304. The number of nitrogens with two attached hydrogens (primary N) is 1. The Morgan fingerprint density at radius 1 is 1.44 bits per heavy atom. The number of hydrogen-bond acceptors (Lipinski definition) is 4. The summed E-state index contributed by atoms with van der Waals surface area (Å²) in [7, 11) is 1.46. The highest BCUT2D eigenvalue weighted by Crippen LogP contribution is 2.25. The molecule has 0 amide bonds. The van der Waals surface area contributed by atoms with Crippen molar-refractivity contribution in [2.75, 3.05) is 26.7 Å². The summed E-state index contributed by atoms with van der Waals surface area (Å²) in [4.78, 5) is 14.0. The van der Waals surface area contributed by atoms with Gasteiger partial charge in [-0.2, -0.15) is 0 Å². The SMILES string of the molecule is COC(=O)C(C)(C)CCN1CCC(C(C)N)CC1. The zero-order valence-corrected chi connectivity index (χ0v) is 12.2. The fourth-order valence-corrected chi connectivity index (χ4v) is 2.52. The van der Waals surface area contributed by atoms with Gasteiger partial charge in [0.2, 0.25) is 0 Å². The van der Waals surface area contributed by atoms with Crippen molar-refractivity contribution in [3.63, 3.8) is 0 Å². The number of carbonyl (C=O) groups is 1. The lowest BCUT2D eigenvalue weighted by Gasteiger charge is -2.35. The van der Waals surface area contributed by atoms with Crippen molar-refractivity contribution in [2.24, 2.45) is 17.1 Å². The zero-order valence-electron chi connectivity index (χ0n) is 12.2. The lowest BCUT2D eigenvalue weighted by molar-refractivity contribution is -0.151. The lowest BCUT2D eigenvalue weighted by Crippen LogP contribution is -2.41. The van der Waals surface area contributed by atoms with E-state index < -0.39 is 0 Å². The Bertz CT molecular complexity index is 269. The first-order valence-electron chi connectivity index (χ1n) is 6.93. The fourth-order valence-electron chi connectivity index (χ4n) is 2.52. The summed E-state index contributed by atoms with van der Waals surface area (Å²) in [6.45, 7) is 9.17. The molecule has 0 aromatic rings. The smallest absolute Gasteiger partial charge is 0.311 e. The third-order valence-electron chi connectivity index (χ3n) is 4.17. The van der Waals surface area contributed by atoms with Crippen molar-refractivity contribution in [1.29, 1.82) is 0 Å². The first-order chi connectivity index (χ1) is 8.36. The Balaban J connectivity index is 2.32. The molecular weight excluding hydrogens is 228 g/mol. The number of likely N-dealkylation sites (tertiary alicyclic amines) is 1. The van der Waals surface area contributed by atoms with Crippen molar-refractivity contribution < 1.29 is 9.53 Å². The molecule has 4 nitrogen and oxygen atoms in total. The standard InChI is InChI=1S/C14H28N2O2/c1-11(15)12-5-8-16(9-6-12)10-7-14(2,3)13(17)18-4/h11-12H,5-10,15H2,1-4H3. The van der Waals surface area contributed by atoms with Gasteiger partial charge in [0.25, 0.3) is 0 Å². The summed E-state index contributed by atoms with van der Waals surface area (Å²) in [5.74, 6) is 0.544. The minimum atomic E-state index is -0.382. The third-order valence-corrected chi connectivity index (χ3v) is 4.17. The van der Waals surface area contributed by atoms with Gasteiger partial charge in [0.1, 0.15) is 0 Å². The number of hydrogen-bond donors (Lipinski definition) is 1. The molecule has 0 aliphatic carbocycles. The summed E-state index contributed by atoms with van der Waals surface area (Å²) in [6.07, 6.45) is 3.20. The topological polar surface area (TPSA) is 55.6 Å². The summed E-state index contributed by atoms with van der Waals surface area (Å²) in [5.41, 5.74) is 5.55. The molecule has 0 radical (unpaired) electrons. The first-order valence-corrected chi connectivity index (χ1v) is 6.93. The quantitative estimate of drug-likeness (QED) is 0.760. The van der Waals surface area contributed by atoms with Crippen LogP contribution in [-0.4, -0.2) is 43.7 Å². The maximum atomic E-state index is 11.6. The van der Waals surface area contributed by atoms with E-state index in [2.05, 4.69) is 11.8 Å². The monoisotopic (exact) mass is 256 g/mol. The second kappa shape index (κ2) is 6.53. The van der Waals surface area contributed by atoms with Gasteiger partial charge in [0.15, 0.2) is 0 Å². The van der Waals surface area contributed by atoms with E-state index in [1.165, 1.54) is 20.0 Å². The summed E-state index contributed by atoms with van der Waals surface area (Å²) >= 11 is 0. The number of esters is 1. The van der Waals surface area contributed by atoms with E-state index in [4.69, 9.17) is 10.5 Å². The van der Waals surface area contributed by atoms with Crippen LogP contribution in [0.5, 0.6) is 0 Å². The number of methoxy groups -OCH3 is 1. The Morgan fingerprint density at radius 3 is 2.44 bits per heavy atom. The van der Waals surface area contributed by atoms with Crippen LogP contribution in [0.1, 0.15) is 40.0 Å². The van der Waals surface area contributed by atoms with Crippen LogP contribution in [0.4, 0.5) is 0 Å². The van der Waals surface area contributed by atoms with Gasteiger partial charge in [0, 0.05) is 6.04 Å². The van der Waals surface area contributed by atoms with Crippen LogP contribution < -0.4 is 5.73 Å². The van der Waals surface area contributed by atoms with Crippen molar-refractivity contribution >= 4 is 5.97 Å². The van der Waals surface area contributed by atoms with Crippen molar-refractivity contribution in [2.45, 2.75) is 46.1 Å². The average Bonchev–Trinajstić information content (AvgIpc) is 2.35. The maximum Gasteiger partial charge on any atom is 0.311 e. The largest absolute Gasteiger partial charge is 0.469 e. The molecule has 0 bridgehead atoms. The molecule has 1 atom stereocenters. The molecule has 0 spiro atoms. The van der Waals surface area contributed by atoms with Crippen molar-refractivity contribution in [3.05, 3.63) is 0 Å². The Labute approximate surface area is 111 Å². The maximum absolute atomic E-state index is 11.6. The highest BCUT2D eigenvalue weighted by atomic mass is 16.5. The average molecular weight is 256 g/mol. The normalized spacial score (nSPS) is 20.7. The molecule has 1 unspecified atom stereocenters. The summed E-state index contributed by atoms with van der Waals surface area (Å²) < 4.78 is 4.83. The Morgan fingerprint density at radius 2 is 2.00 bits per heavy atom. The number of carbonyl (C=O) groups excluding carboxylic acids is 1. The van der Waals surface area contributed by atoms with Gasteiger partial charge in [-0.05, 0) is 65.6 Å². The van der Waals surface area contributed by atoms with E-state index in [1.54, 1.807) is 0 Å². The van der Waals surface area contributed by atoms with Crippen LogP contribution in [0.2, 0.25) is 0 Å². The van der Waals surface area contributed by atoms with E-state index in [9.17, 15) is 4.79 Å². The Hall–Kier alpha value is -0.610. The van der Waals surface area contributed by atoms with E-state index in [0.29, 0.717) is 12.0 Å². The van der Waals surface area contributed by atoms with Gasteiger partial charge in [-0.1, -0.05) is 0 Å². The molecule has 4 heteroatoms. The van der Waals surface area contributed by atoms with Crippen LogP contribution in [0.25, 0.3) is 0 Å². The molecule has 1 fully saturated rings. The molecular formula is C14H28N2O2. The minimum absolute atomic E-state index is 0.118. The first kappa shape index (κ1) is 15.4. The van der Waals surface area contributed by atoms with Gasteiger partial charge in [0.05, 0.1) is 12.5 Å². The molecule has 1 heterocycles. The second-order valence-corrected chi connectivity index (χ2v) is 6.16. The van der Waals surface area contributed by atoms with Crippen LogP contribution in [-0.2, 0) is 9.53 Å². The van der Waals surface area contributed by atoms with E-state index in [1.807, 2.05) is 13.8 Å². The van der Waals surface area contributed by atoms with Gasteiger partial charge < -0.3 is 15.4 Å². The van der Waals surface area contributed by atoms with Crippen LogP contribution in [0.3, 0.4) is 0 Å². The fraction of sp³-hybridized carbons (Fsp3) is 0.929. The van der Waals surface area contributed by atoms with Crippen molar-refractivity contribution in [3.8, 4) is 0 Å². The predicted molar refractivity (Wildman–Crippen MR) is 73.2 cm³/mol. The van der Waals surface area contributed by atoms with Crippen LogP contribution >= 0.6 is 0 Å². The van der Waals surface area contributed by atoms with Gasteiger partial charge in [-0.3, -0.25) is 4.79 Å². The van der Waals surface area contributed by atoms with E-state index >= 15 is 0 Å². The van der Waals surface area contributed by atoms with E-state index in [0.717, 1.165) is 26.1 Å². The highest BCUT2D eigenvalue weighted by molar-refractivity contribution is 5.75. The molecule has 18 heavy (non-hydrogen) atoms. The molecule has 106 valence electrons. The van der Waals surface area contributed by atoms with Crippen LogP contribution in [0, 0.1) is 11.3 Å². The van der Waals surface area contributed by atoms with Gasteiger partial charge >= 0.3 is 5.97 Å². The van der Waals surface area contributed by atoms with Gasteiger partial charge in [-0.15, -0.1) is 0 Å². The molecule has 1 aliphatic rings. The number of nitrogens with zero attached hydrogens (tertiary/aromatic N) is 1. The lowest BCUT2D eigenvalue weighted by atomic mass is 9.87. The number of ether oxygens (including phenoxy) is 1. The summed E-state index contributed by atoms with van der Waals surface area (Å²) in [5, 5.41) is 0. The van der Waals surface area contributed by atoms with Gasteiger partial charge in [-0.25, -0.2) is 0 Å². The zero-order chi connectivity index (χ0) is 13.8. The minimum Gasteiger partial charge on any atom is -0.469 e. The molecule has 1 aliphatic heterocycles. The molecule has 0 aromatic heterocycles. The Kier molecular flexibility index (Phi) is 5.60. The number of piperidine rings is 1. The molecule has 2 N–H and O–H groups in total. The molecule has 0 saturated carbocycles. The number of rotatable bonds is 5. The third kappa shape index (κ3) is 4.25. The molecule has 1 rings (SSSR count). The molecule has 0 aromatic carbocycles. The van der Waals surface area contributed by atoms with E-state index in [-0.39, 0.29) is 11.4 Å². The second-order valence-electron chi connectivity index (χ2n) is 6.16. The van der Waals surface area contributed by atoms with Crippen LogP contribution in [0.15, 0.2) is 0 Å². The van der Waals surface area contributed by atoms with Crippen molar-refractivity contribution in [1.82, 2.24) is 4.90 Å².